The number of carbonyl (C=O) groups excluding carboxylic acids is 1. The van der Waals surface area contributed by atoms with Crippen molar-refractivity contribution in [2.45, 2.75) is 64.5 Å². The molecule has 0 spiro atoms. The molecule has 1 atom stereocenters. The second kappa shape index (κ2) is 7.32. The number of ether oxygens (including phenoxy) is 1. The molecule has 1 saturated carbocycles. The minimum absolute atomic E-state index is 0.000142. The molecule has 0 heterocycles. The van der Waals surface area contributed by atoms with Gasteiger partial charge in [-0.2, -0.15) is 0 Å². The van der Waals surface area contributed by atoms with Crippen LogP contribution in [0.2, 0.25) is 0 Å². The molecule has 3 heteroatoms. The van der Waals surface area contributed by atoms with Gasteiger partial charge in [-0.15, -0.1) is 0 Å². The smallest absolute Gasteiger partial charge is 0.260 e. The molecule has 0 aromatic heterocycles. The van der Waals surface area contributed by atoms with Crippen molar-refractivity contribution in [2.75, 3.05) is 0 Å². The fourth-order valence-corrected chi connectivity index (χ4v) is 2.67. The topological polar surface area (TPSA) is 38.3 Å². The summed E-state index contributed by atoms with van der Waals surface area (Å²) >= 11 is 0. The summed E-state index contributed by atoms with van der Waals surface area (Å²) in [5.74, 6) is 0.788. The second-order valence-corrected chi connectivity index (χ2v) is 5.72. The van der Waals surface area contributed by atoms with Gasteiger partial charge in [0.15, 0.2) is 6.10 Å². The van der Waals surface area contributed by atoms with E-state index in [1.54, 1.807) is 0 Å². The molecule has 0 unspecified atom stereocenters. The number of para-hydroxylation sites is 1. The lowest BCUT2D eigenvalue weighted by Crippen LogP contribution is -2.42. The molecule has 1 amide bonds. The Balaban J connectivity index is 1.87. The lowest BCUT2D eigenvalue weighted by molar-refractivity contribution is -0.128. The van der Waals surface area contributed by atoms with Gasteiger partial charge in [-0.3, -0.25) is 4.79 Å². The maximum Gasteiger partial charge on any atom is 0.260 e. The maximum atomic E-state index is 12.2. The number of hydrogen-bond acceptors (Lipinski definition) is 2. The molecule has 1 N–H and O–H groups in total. The summed E-state index contributed by atoms with van der Waals surface area (Å²) < 4.78 is 5.77. The Morgan fingerprint density at radius 1 is 1.20 bits per heavy atom. The lowest BCUT2D eigenvalue weighted by atomic mass is 10.1. The van der Waals surface area contributed by atoms with E-state index in [1.807, 2.05) is 38.1 Å². The van der Waals surface area contributed by atoms with Crippen molar-refractivity contribution in [1.82, 2.24) is 5.32 Å². The predicted molar refractivity (Wildman–Crippen MR) is 80.9 cm³/mol. The first kappa shape index (κ1) is 14.9. The van der Waals surface area contributed by atoms with E-state index >= 15 is 0 Å². The summed E-state index contributed by atoms with van der Waals surface area (Å²) in [6.45, 7) is 3.81. The minimum atomic E-state index is -0.445. The van der Waals surface area contributed by atoms with Gasteiger partial charge in [-0.05, 0) is 38.3 Å². The van der Waals surface area contributed by atoms with Gasteiger partial charge in [-0.25, -0.2) is 0 Å². The SMILES string of the molecule is Cc1ccccc1O[C@H](C)C(=O)NC1CCCCCC1. The number of amides is 1. The summed E-state index contributed by atoms with van der Waals surface area (Å²) in [4.78, 5) is 12.2. The molecule has 1 fully saturated rings. The highest BCUT2D eigenvalue weighted by molar-refractivity contribution is 5.81. The van der Waals surface area contributed by atoms with E-state index in [4.69, 9.17) is 4.74 Å². The summed E-state index contributed by atoms with van der Waals surface area (Å²) in [7, 11) is 0. The van der Waals surface area contributed by atoms with Gasteiger partial charge in [0, 0.05) is 6.04 Å². The maximum absolute atomic E-state index is 12.2. The lowest BCUT2D eigenvalue weighted by Gasteiger charge is -2.21. The van der Waals surface area contributed by atoms with Crippen molar-refractivity contribution in [3.63, 3.8) is 0 Å². The zero-order valence-corrected chi connectivity index (χ0v) is 12.5. The molecular formula is C17H25NO2. The van der Waals surface area contributed by atoms with Crippen LogP contribution >= 0.6 is 0 Å². The molecular weight excluding hydrogens is 250 g/mol. The third kappa shape index (κ3) is 4.26. The molecule has 1 aliphatic rings. The van der Waals surface area contributed by atoms with Gasteiger partial charge in [0.1, 0.15) is 5.75 Å². The molecule has 3 nitrogen and oxygen atoms in total. The number of rotatable bonds is 4. The summed E-state index contributed by atoms with van der Waals surface area (Å²) in [5, 5.41) is 3.13. The van der Waals surface area contributed by atoms with Crippen LogP contribution in [0.5, 0.6) is 5.75 Å². The van der Waals surface area contributed by atoms with Crippen LogP contribution < -0.4 is 10.1 Å². The molecule has 1 aromatic rings. The zero-order chi connectivity index (χ0) is 14.4. The van der Waals surface area contributed by atoms with Gasteiger partial charge in [-0.1, -0.05) is 43.9 Å². The Morgan fingerprint density at radius 2 is 1.85 bits per heavy atom. The van der Waals surface area contributed by atoms with Gasteiger partial charge < -0.3 is 10.1 Å². The van der Waals surface area contributed by atoms with Crippen molar-refractivity contribution < 1.29 is 9.53 Å². The average Bonchev–Trinajstić information content (AvgIpc) is 2.70. The molecule has 1 aliphatic carbocycles. The zero-order valence-electron chi connectivity index (χ0n) is 12.5. The van der Waals surface area contributed by atoms with Crippen LogP contribution in [0.4, 0.5) is 0 Å². The van der Waals surface area contributed by atoms with Crippen LogP contribution in [0, 0.1) is 6.92 Å². The number of aryl methyl sites for hydroxylation is 1. The van der Waals surface area contributed by atoms with E-state index in [9.17, 15) is 4.79 Å². The summed E-state index contributed by atoms with van der Waals surface area (Å²) in [6, 6.07) is 8.13. The Morgan fingerprint density at radius 3 is 2.50 bits per heavy atom. The van der Waals surface area contributed by atoms with Crippen LogP contribution in [0.15, 0.2) is 24.3 Å². The normalized spacial score (nSPS) is 18.1. The first-order chi connectivity index (χ1) is 9.66. The molecule has 0 bridgehead atoms. The van der Waals surface area contributed by atoms with E-state index < -0.39 is 6.10 Å². The van der Waals surface area contributed by atoms with Crippen molar-refractivity contribution >= 4 is 5.91 Å². The van der Waals surface area contributed by atoms with E-state index in [0.717, 1.165) is 24.2 Å². The van der Waals surface area contributed by atoms with Crippen LogP contribution in [0.25, 0.3) is 0 Å². The highest BCUT2D eigenvalue weighted by Gasteiger charge is 2.20. The minimum Gasteiger partial charge on any atom is -0.481 e. The monoisotopic (exact) mass is 275 g/mol. The predicted octanol–water partition coefficient (Wildman–Crippen LogP) is 3.60. The summed E-state index contributed by atoms with van der Waals surface area (Å²) in [5.41, 5.74) is 1.06. The first-order valence-electron chi connectivity index (χ1n) is 7.69. The number of hydrogen-bond donors (Lipinski definition) is 1. The molecule has 0 saturated heterocycles. The van der Waals surface area contributed by atoms with E-state index in [2.05, 4.69) is 5.32 Å². The number of benzene rings is 1. The van der Waals surface area contributed by atoms with Crippen LogP contribution in [0.1, 0.15) is 51.0 Å². The largest absolute Gasteiger partial charge is 0.481 e. The van der Waals surface area contributed by atoms with Gasteiger partial charge in [0.25, 0.3) is 5.91 Å². The van der Waals surface area contributed by atoms with Gasteiger partial charge in [0.05, 0.1) is 0 Å². The molecule has 2 rings (SSSR count). The fourth-order valence-electron chi connectivity index (χ4n) is 2.67. The molecule has 0 aliphatic heterocycles. The Labute approximate surface area is 121 Å². The van der Waals surface area contributed by atoms with Crippen molar-refractivity contribution in [2.24, 2.45) is 0 Å². The van der Waals surface area contributed by atoms with Gasteiger partial charge in [0.2, 0.25) is 0 Å². The molecule has 1 aromatic carbocycles. The quantitative estimate of drug-likeness (QED) is 0.853. The average molecular weight is 275 g/mol. The van der Waals surface area contributed by atoms with Crippen LogP contribution in [-0.2, 0) is 4.79 Å². The van der Waals surface area contributed by atoms with Crippen molar-refractivity contribution in [1.29, 1.82) is 0 Å². The van der Waals surface area contributed by atoms with E-state index in [0.29, 0.717) is 6.04 Å². The Hall–Kier alpha value is -1.51. The summed E-state index contributed by atoms with van der Waals surface area (Å²) in [6.07, 6.45) is 6.78. The first-order valence-corrected chi connectivity index (χ1v) is 7.69. The van der Waals surface area contributed by atoms with Crippen molar-refractivity contribution in [3.05, 3.63) is 29.8 Å². The molecule has 110 valence electrons. The highest BCUT2D eigenvalue weighted by Crippen LogP contribution is 2.19. The van der Waals surface area contributed by atoms with E-state index in [1.165, 1.54) is 25.7 Å². The van der Waals surface area contributed by atoms with E-state index in [-0.39, 0.29) is 5.91 Å². The molecule has 20 heavy (non-hydrogen) atoms. The second-order valence-electron chi connectivity index (χ2n) is 5.72. The fraction of sp³-hybridized carbons (Fsp3) is 0.588. The van der Waals surface area contributed by atoms with Crippen LogP contribution in [0.3, 0.4) is 0 Å². The van der Waals surface area contributed by atoms with Crippen LogP contribution in [-0.4, -0.2) is 18.1 Å². The highest BCUT2D eigenvalue weighted by atomic mass is 16.5. The standard InChI is InChI=1S/C17H25NO2/c1-13-9-7-8-12-16(13)20-14(2)17(19)18-15-10-5-3-4-6-11-15/h7-9,12,14-15H,3-6,10-11H2,1-2H3,(H,18,19)/t14-/m1/s1. The Kier molecular flexibility index (Phi) is 5.45. The Bertz CT molecular complexity index is 436. The van der Waals surface area contributed by atoms with Crippen molar-refractivity contribution in [3.8, 4) is 5.75 Å². The molecule has 0 radical (unpaired) electrons. The third-order valence-corrected chi connectivity index (χ3v) is 3.97. The van der Waals surface area contributed by atoms with Gasteiger partial charge >= 0.3 is 0 Å². The third-order valence-electron chi connectivity index (χ3n) is 3.97. The number of nitrogens with one attached hydrogen (secondary N) is 1. The number of carbonyl (C=O) groups is 1.